The molecule has 0 radical (unpaired) electrons. The van der Waals surface area contributed by atoms with Crippen molar-refractivity contribution >= 4 is 45.8 Å². The minimum absolute atomic E-state index is 0.437. The Morgan fingerprint density at radius 1 is 1.20 bits per heavy atom. The van der Waals surface area contributed by atoms with E-state index in [0.29, 0.717) is 16.2 Å². The molecule has 1 aromatic heterocycles. The van der Waals surface area contributed by atoms with E-state index in [1.165, 1.54) is 6.42 Å². The number of hydrogen-bond acceptors (Lipinski definition) is 2. The Labute approximate surface area is 113 Å². The lowest BCUT2D eigenvalue weighted by molar-refractivity contribution is 0.585. The van der Waals surface area contributed by atoms with Gasteiger partial charge in [-0.1, -0.05) is 30.1 Å². The van der Waals surface area contributed by atoms with Crippen molar-refractivity contribution in [2.75, 3.05) is 0 Å². The van der Waals surface area contributed by atoms with Gasteiger partial charge >= 0.3 is 0 Å². The molecule has 15 heavy (non-hydrogen) atoms. The van der Waals surface area contributed by atoms with Crippen LogP contribution in [0.3, 0.4) is 0 Å². The SMILES string of the molecule is CC1CCC(c2nc(Cl)c(I)c(Cl)n2)C1. The van der Waals surface area contributed by atoms with Crippen molar-refractivity contribution in [3.8, 4) is 0 Å². The van der Waals surface area contributed by atoms with E-state index in [1.54, 1.807) is 0 Å². The van der Waals surface area contributed by atoms with Gasteiger partial charge in [-0.05, 0) is 47.8 Å². The maximum atomic E-state index is 5.99. The molecule has 0 amide bonds. The molecule has 2 rings (SSSR count). The molecule has 1 fully saturated rings. The maximum Gasteiger partial charge on any atom is 0.147 e. The first-order valence-corrected chi connectivity index (χ1v) is 6.80. The number of aromatic nitrogens is 2. The topological polar surface area (TPSA) is 25.8 Å². The van der Waals surface area contributed by atoms with Gasteiger partial charge in [0.2, 0.25) is 0 Å². The highest BCUT2D eigenvalue weighted by atomic mass is 127. The van der Waals surface area contributed by atoms with Crippen LogP contribution < -0.4 is 0 Å². The Morgan fingerprint density at radius 3 is 2.27 bits per heavy atom. The average molecular weight is 357 g/mol. The summed E-state index contributed by atoms with van der Waals surface area (Å²) in [5.41, 5.74) is 0. The van der Waals surface area contributed by atoms with Crippen LogP contribution in [0.25, 0.3) is 0 Å². The molecule has 1 aliphatic carbocycles. The van der Waals surface area contributed by atoms with Crippen molar-refractivity contribution in [2.45, 2.75) is 32.1 Å². The lowest BCUT2D eigenvalue weighted by Gasteiger charge is -2.09. The number of halogens is 3. The minimum Gasteiger partial charge on any atom is -0.220 e. The summed E-state index contributed by atoms with van der Waals surface area (Å²) in [5.74, 6) is 2.01. The smallest absolute Gasteiger partial charge is 0.147 e. The molecule has 0 saturated heterocycles. The normalized spacial score (nSPS) is 25.9. The van der Waals surface area contributed by atoms with E-state index in [-0.39, 0.29) is 0 Å². The number of nitrogens with zero attached hydrogens (tertiary/aromatic N) is 2. The van der Waals surface area contributed by atoms with Gasteiger partial charge in [-0.2, -0.15) is 0 Å². The minimum atomic E-state index is 0.437. The summed E-state index contributed by atoms with van der Waals surface area (Å²) < 4.78 is 0.741. The van der Waals surface area contributed by atoms with E-state index in [4.69, 9.17) is 23.2 Å². The standard InChI is InChI=1S/C10H11Cl2IN2/c1-5-2-3-6(4-5)10-14-8(11)7(13)9(12)15-10/h5-6H,2-4H2,1H3. The molecular weight excluding hydrogens is 346 g/mol. The molecule has 0 aliphatic heterocycles. The second-order valence-electron chi connectivity index (χ2n) is 4.09. The summed E-state index contributed by atoms with van der Waals surface area (Å²) in [5, 5.41) is 0.954. The van der Waals surface area contributed by atoms with Crippen LogP contribution in [-0.4, -0.2) is 9.97 Å². The lowest BCUT2D eigenvalue weighted by Crippen LogP contribution is -2.03. The Hall–Kier alpha value is 0.390. The second kappa shape index (κ2) is 4.72. The van der Waals surface area contributed by atoms with Crippen LogP contribution in [0.15, 0.2) is 0 Å². The maximum absolute atomic E-state index is 5.99. The molecule has 0 spiro atoms. The third-order valence-corrected chi connectivity index (χ3v) is 5.05. The molecule has 2 atom stereocenters. The summed E-state index contributed by atoms with van der Waals surface area (Å²) in [6, 6.07) is 0. The van der Waals surface area contributed by atoms with E-state index < -0.39 is 0 Å². The summed E-state index contributed by atoms with van der Waals surface area (Å²) in [7, 11) is 0. The van der Waals surface area contributed by atoms with Crippen molar-refractivity contribution in [3.63, 3.8) is 0 Å². The van der Waals surface area contributed by atoms with Crippen LogP contribution in [0.2, 0.25) is 10.3 Å². The van der Waals surface area contributed by atoms with Gasteiger partial charge in [-0.15, -0.1) is 0 Å². The summed E-state index contributed by atoms with van der Waals surface area (Å²) >= 11 is 14.0. The first-order chi connectivity index (χ1) is 7.08. The van der Waals surface area contributed by atoms with E-state index in [1.807, 2.05) is 0 Å². The van der Waals surface area contributed by atoms with E-state index in [2.05, 4.69) is 39.5 Å². The first kappa shape index (κ1) is 11.9. The van der Waals surface area contributed by atoms with Crippen molar-refractivity contribution in [1.82, 2.24) is 9.97 Å². The monoisotopic (exact) mass is 356 g/mol. The van der Waals surface area contributed by atoms with Crippen molar-refractivity contribution < 1.29 is 0 Å². The molecule has 0 aromatic carbocycles. The van der Waals surface area contributed by atoms with Crippen LogP contribution in [0.4, 0.5) is 0 Å². The van der Waals surface area contributed by atoms with Crippen LogP contribution in [0.5, 0.6) is 0 Å². The van der Waals surface area contributed by atoms with Gasteiger partial charge in [-0.25, -0.2) is 9.97 Å². The Kier molecular flexibility index (Phi) is 3.73. The predicted octanol–water partition coefficient (Wildman–Crippen LogP) is 4.29. The second-order valence-corrected chi connectivity index (χ2v) is 5.89. The fraction of sp³-hybridized carbons (Fsp3) is 0.600. The molecular formula is C10H11Cl2IN2. The van der Waals surface area contributed by atoms with Gasteiger partial charge in [0.05, 0.1) is 3.57 Å². The molecule has 2 unspecified atom stereocenters. The van der Waals surface area contributed by atoms with Gasteiger partial charge < -0.3 is 0 Å². The largest absolute Gasteiger partial charge is 0.220 e. The molecule has 5 heteroatoms. The van der Waals surface area contributed by atoms with E-state index >= 15 is 0 Å². The molecule has 1 aromatic rings. The van der Waals surface area contributed by atoms with Crippen molar-refractivity contribution in [1.29, 1.82) is 0 Å². The highest BCUT2D eigenvalue weighted by Gasteiger charge is 2.26. The fourth-order valence-corrected chi connectivity index (χ4v) is 2.68. The zero-order valence-corrected chi connectivity index (χ0v) is 12.0. The molecule has 1 heterocycles. The molecule has 1 saturated carbocycles. The molecule has 1 aliphatic rings. The third-order valence-electron chi connectivity index (χ3n) is 2.85. The summed E-state index contributed by atoms with van der Waals surface area (Å²) in [4.78, 5) is 8.62. The molecule has 0 bridgehead atoms. The van der Waals surface area contributed by atoms with E-state index in [9.17, 15) is 0 Å². The first-order valence-electron chi connectivity index (χ1n) is 4.96. The molecule has 82 valence electrons. The highest BCUT2D eigenvalue weighted by Crippen LogP contribution is 2.37. The Balaban J connectivity index is 2.29. The molecule has 2 nitrogen and oxygen atoms in total. The van der Waals surface area contributed by atoms with Gasteiger partial charge in [-0.3, -0.25) is 0 Å². The Morgan fingerprint density at radius 2 is 1.80 bits per heavy atom. The van der Waals surface area contributed by atoms with Gasteiger partial charge in [0.25, 0.3) is 0 Å². The summed E-state index contributed by atoms with van der Waals surface area (Å²) in [6.45, 7) is 2.26. The lowest BCUT2D eigenvalue weighted by atomic mass is 10.1. The highest BCUT2D eigenvalue weighted by molar-refractivity contribution is 14.1. The van der Waals surface area contributed by atoms with Crippen LogP contribution in [-0.2, 0) is 0 Å². The van der Waals surface area contributed by atoms with Crippen LogP contribution >= 0.6 is 45.8 Å². The van der Waals surface area contributed by atoms with Crippen molar-refractivity contribution in [2.24, 2.45) is 5.92 Å². The van der Waals surface area contributed by atoms with Gasteiger partial charge in [0, 0.05) is 5.92 Å². The number of rotatable bonds is 1. The van der Waals surface area contributed by atoms with Gasteiger partial charge in [0.1, 0.15) is 16.1 Å². The fourth-order valence-electron chi connectivity index (χ4n) is 2.03. The number of hydrogen-bond donors (Lipinski definition) is 0. The molecule has 0 N–H and O–H groups in total. The van der Waals surface area contributed by atoms with Crippen LogP contribution in [0.1, 0.15) is 37.9 Å². The predicted molar refractivity (Wildman–Crippen MR) is 70.5 cm³/mol. The summed E-state index contributed by atoms with van der Waals surface area (Å²) in [6.07, 6.45) is 3.54. The zero-order chi connectivity index (χ0) is 11.0. The Bertz CT molecular complexity index is 361. The van der Waals surface area contributed by atoms with E-state index in [0.717, 1.165) is 28.2 Å². The quantitative estimate of drug-likeness (QED) is 0.554. The van der Waals surface area contributed by atoms with Crippen molar-refractivity contribution in [3.05, 3.63) is 19.7 Å². The van der Waals surface area contributed by atoms with Crippen LogP contribution in [0, 0.1) is 9.49 Å². The third kappa shape index (κ3) is 2.56. The zero-order valence-electron chi connectivity index (χ0n) is 8.30. The van der Waals surface area contributed by atoms with Gasteiger partial charge in [0.15, 0.2) is 0 Å². The average Bonchev–Trinajstić information content (AvgIpc) is 2.60.